The summed E-state index contributed by atoms with van der Waals surface area (Å²) in [4.78, 5) is 11.8. The van der Waals surface area contributed by atoms with Crippen LogP contribution >= 0.6 is 11.6 Å². The molecule has 0 bridgehead atoms. The van der Waals surface area contributed by atoms with Crippen LogP contribution in [0.15, 0.2) is 59.8 Å². The average molecular weight is 579 g/mol. The molecule has 2 fully saturated rings. The van der Waals surface area contributed by atoms with Crippen LogP contribution in [0.4, 0.5) is 24.8 Å². The SMILES string of the molecule is CCC(F)(F)c1ccc(S(=O)(=O)Nc2cccc(Cl)c2C(=N)N2CCN(c3ncc(F)cn3)CC23CC3)cc1. The molecule has 1 saturated carbocycles. The van der Waals surface area contributed by atoms with Gasteiger partial charge < -0.3 is 9.80 Å². The summed E-state index contributed by atoms with van der Waals surface area (Å²) in [6.45, 7) is 2.76. The van der Waals surface area contributed by atoms with E-state index in [1.807, 2.05) is 9.80 Å². The van der Waals surface area contributed by atoms with Gasteiger partial charge in [-0.25, -0.2) is 31.6 Å². The van der Waals surface area contributed by atoms with E-state index in [9.17, 15) is 21.6 Å². The fourth-order valence-corrected chi connectivity index (χ4v) is 6.14. The molecular formula is C26H26ClF3N6O2S. The van der Waals surface area contributed by atoms with Crippen molar-refractivity contribution < 1.29 is 21.6 Å². The first kappa shape index (κ1) is 27.2. The Labute approximate surface area is 229 Å². The number of alkyl halides is 2. The molecular weight excluding hydrogens is 553 g/mol. The lowest BCUT2D eigenvalue weighted by molar-refractivity contribution is -0.00834. The summed E-state index contributed by atoms with van der Waals surface area (Å²) in [5.41, 5.74) is -0.331. The van der Waals surface area contributed by atoms with Crippen LogP contribution in [0.1, 0.15) is 37.3 Å². The van der Waals surface area contributed by atoms with Gasteiger partial charge in [-0.2, -0.15) is 0 Å². The van der Waals surface area contributed by atoms with E-state index in [1.165, 1.54) is 13.0 Å². The van der Waals surface area contributed by atoms with Gasteiger partial charge >= 0.3 is 0 Å². The standard InChI is InChI=1S/C26H26ClF3N6O2S/c1-2-26(29,30)17-6-8-19(9-7-17)39(37,38)34-21-5-3-4-20(27)22(21)23(31)36-13-12-35(16-25(36)10-11-25)24-32-14-18(28)15-33-24/h3-9,14-15,31,34H,2,10-13,16H2,1H3. The van der Waals surface area contributed by atoms with Crippen molar-refractivity contribution in [3.05, 3.63) is 76.8 Å². The lowest BCUT2D eigenvalue weighted by Crippen LogP contribution is -2.57. The molecule has 1 aliphatic heterocycles. The molecule has 2 N–H and O–H groups in total. The number of nitrogens with one attached hydrogen (secondary N) is 2. The number of hydrogen-bond acceptors (Lipinski definition) is 6. The van der Waals surface area contributed by atoms with Crippen LogP contribution in [-0.2, 0) is 15.9 Å². The molecule has 39 heavy (non-hydrogen) atoms. The first-order chi connectivity index (χ1) is 18.5. The van der Waals surface area contributed by atoms with E-state index in [2.05, 4.69) is 14.7 Å². The topological polar surface area (TPSA) is 102 Å². The first-order valence-electron chi connectivity index (χ1n) is 12.3. The van der Waals surface area contributed by atoms with E-state index in [4.69, 9.17) is 17.0 Å². The molecule has 0 unspecified atom stereocenters. The number of rotatable bonds is 7. The number of halogens is 4. The zero-order valence-electron chi connectivity index (χ0n) is 21.0. The molecule has 0 radical (unpaired) electrons. The molecule has 2 aliphatic rings. The smallest absolute Gasteiger partial charge is 0.273 e. The molecule has 2 heterocycles. The van der Waals surface area contributed by atoms with Crippen molar-refractivity contribution in [3.8, 4) is 0 Å². The maximum atomic E-state index is 14.0. The van der Waals surface area contributed by atoms with Crippen LogP contribution < -0.4 is 9.62 Å². The number of piperazine rings is 1. The monoisotopic (exact) mass is 578 g/mol. The van der Waals surface area contributed by atoms with E-state index in [-0.39, 0.29) is 38.1 Å². The molecule has 8 nitrogen and oxygen atoms in total. The van der Waals surface area contributed by atoms with Crippen LogP contribution in [0.5, 0.6) is 0 Å². The van der Waals surface area contributed by atoms with Gasteiger partial charge in [0.25, 0.3) is 15.9 Å². The number of nitrogens with zero attached hydrogens (tertiary/aromatic N) is 4. The predicted molar refractivity (Wildman–Crippen MR) is 143 cm³/mol. The third-order valence-corrected chi connectivity index (χ3v) is 8.86. The highest BCUT2D eigenvalue weighted by atomic mass is 35.5. The van der Waals surface area contributed by atoms with Crippen molar-refractivity contribution in [1.29, 1.82) is 5.41 Å². The van der Waals surface area contributed by atoms with E-state index in [0.717, 1.165) is 49.5 Å². The van der Waals surface area contributed by atoms with Crippen molar-refractivity contribution in [2.24, 2.45) is 0 Å². The van der Waals surface area contributed by atoms with Crippen LogP contribution in [0.25, 0.3) is 0 Å². The molecule has 13 heteroatoms. The number of anilines is 2. The highest BCUT2D eigenvalue weighted by Crippen LogP contribution is 2.46. The second-order valence-corrected chi connectivity index (χ2v) is 11.8. The van der Waals surface area contributed by atoms with Crippen LogP contribution in [0, 0.1) is 11.2 Å². The van der Waals surface area contributed by atoms with Crippen molar-refractivity contribution in [1.82, 2.24) is 14.9 Å². The Morgan fingerprint density at radius 1 is 1.13 bits per heavy atom. The van der Waals surface area contributed by atoms with Gasteiger partial charge in [-0.15, -0.1) is 0 Å². The van der Waals surface area contributed by atoms with Crippen molar-refractivity contribution in [3.63, 3.8) is 0 Å². The molecule has 2 aromatic carbocycles. The molecule has 1 spiro atoms. The van der Waals surface area contributed by atoms with Crippen LogP contribution in [0.2, 0.25) is 5.02 Å². The summed E-state index contributed by atoms with van der Waals surface area (Å²) in [6, 6.07) is 9.11. The molecule has 206 valence electrons. The molecule has 1 saturated heterocycles. The van der Waals surface area contributed by atoms with E-state index in [1.54, 1.807) is 12.1 Å². The Hall–Kier alpha value is -3.38. The normalized spacial score (nSPS) is 16.8. The summed E-state index contributed by atoms with van der Waals surface area (Å²) in [7, 11) is -4.17. The number of hydrogen-bond donors (Lipinski definition) is 2. The van der Waals surface area contributed by atoms with Gasteiger partial charge in [-0.1, -0.05) is 36.7 Å². The fourth-order valence-electron chi connectivity index (χ4n) is 4.81. The molecule has 0 atom stereocenters. The Kier molecular flexibility index (Phi) is 6.96. The second kappa shape index (κ2) is 9.98. The second-order valence-electron chi connectivity index (χ2n) is 9.70. The maximum absolute atomic E-state index is 14.0. The Morgan fingerprint density at radius 3 is 2.41 bits per heavy atom. The minimum atomic E-state index is -4.17. The van der Waals surface area contributed by atoms with Gasteiger partial charge in [-0.05, 0) is 37.1 Å². The number of aromatic nitrogens is 2. The van der Waals surface area contributed by atoms with Crippen molar-refractivity contribution in [2.75, 3.05) is 29.3 Å². The summed E-state index contributed by atoms with van der Waals surface area (Å²) < 4.78 is 70.1. The van der Waals surface area contributed by atoms with Crippen LogP contribution in [-0.4, -0.2) is 54.3 Å². The minimum Gasteiger partial charge on any atom is -0.347 e. The Morgan fingerprint density at radius 2 is 1.79 bits per heavy atom. The van der Waals surface area contributed by atoms with E-state index < -0.39 is 28.2 Å². The average Bonchev–Trinajstić information content (AvgIpc) is 3.67. The molecule has 1 aromatic heterocycles. The lowest BCUT2D eigenvalue weighted by atomic mass is 10.1. The number of sulfonamides is 1. The molecule has 0 amide bonds. The summed E-state index contributed by atoms with van der Waals surface area (Å²) in [5.74, 6) is -3.11. The molecule has 5 rings (SSSR count). The summed E-state index contributed by atoms with van der Waals surface area (Å²) >= 11 is 6.51. The van der Waals surface area contributed by atoms with Crippen LogP contribution in [0.3, 0.4) is 0 Å². The molecule has 1 aliphatic carbocycles. The van der Waals surface area contributed by atoms with Gasteiger partial charge in [0.15, 0.2) is 5.82 Å². The summed E-state index contributed by atoms with van der Waals surface area (Å²) in [5, 5.41) is 9.25. The number of amidine groups is 1. The van der Waals surface area contributed by atoms with Crippen molar-refractivity contribution in [2.45, 2.75) is 42.5 Å². The van der Waals surface area contributed by atoms with Gasteiger partial charge in [0, 0.05) is 31.6 Å². The zero-order chi connectivity index (χ0) is 28.0. The van der Waals surface area contributed by atoms with Gasteiger partial charge in [-0.3, -0.25) is 10.1 Å². The third-order valence-electron chi connectivity index (χ3n) is 7.16. The fraction of sp³-hybridized carbons (Fsp3) is 0.346. The summed E-state index contributed by atoms with van der Waals surface area (Å²) in [6.07, 6.45) is 3.42. The van der Waals surface area contributed by atoms with Gasteiger partial charge in [0.1, 0.15) is 5.84 Å². The van der Waals surface area contributed by atoms with Gasteiger partial charge in [0.2, 0.25) is 5.95 Å². The molecule has 3 aromatic rings. The maximum Gasteiger partial charge on any atom is 0.273 e. The third kappa shape index (κ3) is 5.27. The highest BCUT2D eigenvalue weighted by Gasteiger charge is 2.53. The highest BCUT2D eigenvalue weighted by molar-refractivity contribution is 7.92. The minimum absolute atomic E-state index is 0.0633. The predicted octanol–water partition coefficient (Wildman–Crippen LogP) is 5.25. The first-order valence-corrected chi connectivity index (χ1v) is 14.2. The lowest BCUT2D eigenvalue weighted by Gasteiger charge is -2.43. The Bertz CT molecular complexity index is 1500. The van der Waals surface area contributed by atoms with E-state index in [0.29, 0.717) is 25.6 Å². The van der Waals surface area contributed by atoms with Crippen molar-refractivity contribution >= 4 is 39.1 Å². The zero-order valence-corrected chi connectivity index (χ0v) is 22.5. The quantitative estimate of drug-likeness (QED) is 0.293. The largest absolute Gasteiger partial charge is 0.347 e. The van der Waals surface area contributed by atoms with Gasteiger partial charge in [0.05, 0.1) is 39.1 Å². The number of benzene rings is 2. The Balaban J connectivity index is 1.39. The van der Waals surface area contributed by atoms with E-state index >= 15 is 0 Å².